The second-order valence-electron chi connectivity index (χ2n) is 5.46. The van der Waals surface area contributed by atoms with E-state index in [1.165, 1.54) is 31.2 Å². The summed E-state index contributed by atoms with van der Waals surface area (Å²) in [5.41, 5.74) is -1.98. The molecule has 7 heteroatoms. The lowest BCUT2D eigenvalue weighted by molar-refractivity contribution is -0.118. The van der Waals surface area contributed by atoms with E-state index >= 15 is 0 Å². The molecule has 24 heavy (non-hydrogen) atoms. The summed E-state index contributed by atoms with van der Waals surface area (Å²) in [6.07, 6.45) is 0. The van der Waals surface area contributed by atoms with Crippen molar-refractivity contribution in [1.82, 2.24) is 5.32 Å². The highest BCUT2D eigenvalue weighted by molar-refractivity contribution is 6.42. The van der Waals surface area contributed by atoms with Crippen LogP contribution in [0.4, 0.5) is 8.78 Å². The molecule has 126 valence electrons. The lowest BCUT2D eigenvalue weighted by Crippen LogP contribution is -2.42. The van der Waals surface area contributed by atoms with Gasteiger partial charge in [-0.05, 0) is 37.3 Å². The van der Waals surface area contributed by atoms with Crippen LogP contribution in [-0.2, 0) is 10.4 Å². The summed E-state index contributed by atoms with van der Waals surface area (Å²) >= 11 is 0. The second-order valence-corrected chi connectivity index (χ2v) is 5.46. The monoisotopic (exact) mass is 335 g/mol. The van der Waals surface area contributed by atoms with Gasteiger partial charge in [0.25, 0.3) is 5.91 Å². The summed E-state index contributed by atoms with van der Waals surface area (Å²) in [5, 5.41) is 21.6. The number of benzene rings is 2. The van der Waals surface area contributed by atoms with Crippen LogP contribution in [-0.4, -0.2) is 28.4 Å². The van der Waals surface area contributed by atoms with E-state index in [0.717, 1.165) is 12.1 Å². The van der Waals surface area contributed by atoms with E-state index in [4.69, 9.17) is 5.11 Å². The Kier molecular flexibility index (Phi) is 4.94. The van der Waals surface area contributed by atoms with Gasteiger partial charge in [0.15, 0.2) is 0 Å². The highest BCUT2D eigenvalue weighted by atomic mass is 19.1. The van der Waals surface area contributed by atoms with Gasteiger partial charge in [-0.2, -0.15) is 0 Å². The van der Waals surface area contributed by atoms with Gasteiger partial charge in [-0.15, -0.1) is 0 Å². The summed E-state index contributed by atoms with van der Waals surface area (Å²) in [5.74, 6) is -3.67. The highest BCUT2D eigenvalue weighted by Crippen LogP contribution is 2.23. The van der Waals surface area contributed by atoms with E-state index < -0.39 is 35.5 Å². The molecule has 2 aromatic carbocycles. The molecule has 0 aliphatic heterocycles. The van der Waals surface area contributed by atoms with E-state index in [0.29, 0.717) is 6.07 Å². The van der Waals surface area contributed by atoms with Gasteiger partial charge in [-0.1, -0.05) is 6.07 Å². The van der Waals surface area contributed by atoms with Crippen molar-refractivity contribution >= 4 is 11.7 Å². The molecule has 2 aromatic rings. The molecule has 0 bridgehead atoms. The molecule has 0 heterocycles. The summed E-state index contributed by atoms with van der Waals surface area (Å²) in [6, 6.07) is 7.72. The second kappa shape index (κ2) is 6.76. The predicted octanol–water partition coefficient (Wildman–Crippen LogP) is 1.88. The molecule has 0 aromatic heterocycles. The SMILES string of the molecule is C[C@](O)(CNC(=O)C(=O)c1ccc(O)cc1)c1ccc(F)cc1F. The Bertz CT molecular complexity index is 773. The number of aliphatic hydroxyl groups is 1. The Labute approximate surface area is 136 Å². The maximum Gasteiger partial charge on any atom is 0.292 e. The largest absolute Gasteiger partial charge is 0.508 e. The molecule has 0 radical (unpaired) electrons. The number of amides is 1. The number of halogens is 2. The van der Waals surface area contributed by atoms with Gasteiger partial charge in [-0.3, -0.25) is 9.59 Å². The summed E-state index contributed by atoms with van der Waals surface area (Å²) in [7, 11) is 0. The van der Waals surface area contributed by atoms with Crippen molar-refractivity contribution in [2.75, 3.05) is 6.54 Å². The standard InChI is InChI=1S/C17H15F2NO4/c1-17(24,13-7-4-11(18)8-14(13)19)9-20-16(23)15(22)10-2-5-12(21)6-3-10/h2-8,21,24H,9H2,1H3,(H,20,23)/t17-/m0/s1. The van der Waals surface area contributed by atoms with Crippen LogP contribution in [0.5, 0.6) is 5.75 Å². The van der Waals surface area contributed by atoms with Gasteiger partial charge in [0.2, 0.25) is 5.78 Å². The third kappa shape index (κ3) is 3.94. The van der Waals surface area contributed by atoms with Crippen molar-refractivity contribution in [3.8, 4) is 5.75 Å². The molecule has 2 rings (SSSR count). The number of ketones is 1. The van der Waals surface area contributed by atoms with E-state index in [1.54, 1.807) is 0 Å². The van der Waals surface area contributed by atoms with Crippen LogP contribution in [0.25, 0.3) is 0 Å². The smallest absolute Gasteiger partial charge is 0.292 e. The fourth-order valence-corrected chi connectivity index (χ4v) is 2.10. The number of phenolic OH excluding ortho intramolecular Hbond substituents is 1. The minimum absolute atomic E-state index is 0.0536. The minimum atomic E-state index is -1.83. The van der Waals surface area contributed by atoms with Crippen molar-refractivity contribution in [3.05, 3.63) is 65.2 Å². The van der Waals surface area contributed by atoms with Crippen LogP contribution in [0.3, 0.4) is 0 Å². The quantitative estimate of drug-likeness (QED) is 0.575. The van der Waals surface area contributed by atoms with Crippen LogP contribution in [0, 0.1) is 11.6 Å². The first kappa shape index (κ1) is 17.6. The number of carbonyl (C=O) groups is 2. The number of aromatic hydroxyl groups is 1. The van der Waals surface area contributed by atoms with Gasteiger partial charge >= 0.3 is 0 Å². The molecule has 0 unspecified atom stereocenters. The molecular formula is C17H15F2NO4. The van der Waals surface area contributed by atoms with Gasteiger partial charge in [0, 0.05) is 17.2 Å². The molecule has 0 saturated heterocycles. The Morgan fingerprint density at radius 3 is 2.33 bits per heavy atom. The molecule has 0 spiro atoms. The Hall–Kier alpha value is -2.80. The lowest BCUT2D eigenvalue weighted by atomic mass is 9.95. The first-order valence-electron chi connectivity index (χ1n) is 7.00. The van der Waals surface area contributed by atoms with Crippen LogP contribution in [0.15, 0.2) is 42.5 Å². The maximum absolute atomic E-state index is 13.7. The zero-order valence-corrected chi connectivity index (χ0v) is 12.7. The molecule has 1 atom stereocenters. The molecule has 0 aliphatic carbocycles. The number of rotatable bonds is 5. The van der Waals surface area contributed by atoms with Gasteiger partial charge in [-0.25, -0.2) is 8.78 Å². The molecule has 0 aliphatic rings. The minimum Gasteiger partial charge on any atom is -0.508 e. The lowest BCUT2D eigenvalue weighted by Gasteiger charge is -2.24. The van der Waals surface area contributed by atoms with E-state index in [-0.39, 0.29) is 16.9 Å². The molecule has 5 nitrogen and oxygen atoms in total. The zero-order valence-electron chi connectivity index (χ0n) is 12.7. The topological polar surface area (TPSA) is 86.6 Å². The summed E-state index contributed by atoms with van der Waals surface area (Å²) in [4.78, 5) is 23.8. The van der Waals surface area contributed by atoms with Crippen LogP contribution >= 0.6 is 0 Å². The number of carbonyl (C=O) groups excluding carboxylic acids is 2. The summed E-state index contributed by atoms with van der Waals surface area (Å²) < 4.78 is 26.6. The third-order valence-corrected chi connectivity index (χ3v) is 3.44. The van der Waals surface area contributed by atoms with E-state index in [1.807, 2.05) is 0 Å². The number of phenols is 1. The van der Waals surface area contributed by atoms with Crippen molar-refractivity contribution in [2.24, 2.45) is 0 Å². The average Bonchev–Trinajstić information content (AvgIpc) is 2.52. The molecular weight excluding hydrogens is 320 g/mol. The van der Waals surface area contributed by atoms with Gasteiger partial charge in [0.1, 0.15) is 23.0 Å². The average molecular weight is 335 g/mol. The zero-order chi connectivity index (χ0) is 17.9. The normalized spacial score (nSPS) is 13.2. The highest BCUT2D eigenvalue weighted by Gasteiger charge is 2.28. The molecule has 0 fully saturated rings. The van der Waals surface area contributed by atoms with Crippen LogP contribution in [0.1, 0.15) is 22.8 Å². The number of nitrogens with one attached hydrogen (secondary N) is 1. The first-order chi connectivity index (χ1) is 11.2. The molecule has 3 N–H and O–H groups in total. The van der Waals surface area contributed by atoms with Crippen molar-refractivity contribution in [3.63, 3.8) is 0 Å². The maximum atomic E-state index is 13.7. The Morgan fingerprint density at radius 1 is 1.12 bits per heavy atom. The number of hydrogen-bond donors (Lipinski definition) is 3. The van der Waals surface area contributed by atoms with Crippen molar-refractivity contribution < 1.29 is 28.6 Å². The van der Waals surface area contributed by atoms with Crippen molar-refractivity contribution in [1.29, 1.82) is 0 Å². The Balaban J connectivity index is 2.06. The first-order valence-corrected chi connectivity index (χ1v) is 7.00. The summed E-state index contributed by atoms with van der Waals surface area (Å²) in [6.45, 7) is 0.785. The van der Waals surface area contributed by atoms with E-state index in [9.17, 15) is 23.5 Å². The van der Waals surface area contributed by atoms with E-state index in [2.05, 4.69) is 5.32 Å². The van der Waals surface area contributed by atoms with Crippen LogP contribution in [0.2, 0.25) is 0 Å². The fourth-order valence-electron chi connectivity index (χ4n) is 2.10. The fraction of sp³-hybridized carbons (Fsp3) is 0.176. The number of hydrogen-bond acceptors (Lipinski definition) is 4. The van der Waals surface area contributed by atoms with Gasteiger partial charge < -0.3 is 15.5 Å². The van der Waals surface area contributed by atoms with Crippen molar-refractivity contribution in [2.45, 2.75) is 12.5 Å². The van der Waals surface area contributed by atoms with Crippen LogP contribution < -0.4 is 5.32 Å². The Morgan fingerprint density at radius 2 is 1.75 bits per heavy atom. The third-order valence-electron chi connectivity index (χ3n) is 3.44. The van der Waals surface area contributed by atoms with Gasteiger partial charge in [0.05, 0.1) is 6.54 Å². The molecule has 0 saturated carbocycles. The predicted molar refractivity (Wildman–Crippen MR) is 81.4 cm³/mol. The number of Topliss-reactive ketones (excluding diaryl/α,β-unsaturated/α-hetero) is 1. The molecule has 1 amide bonds.